The van der Waals surface area contributed by atoms with Gasteiger partial charge >= 0.3 is 19.1 Å². The van der Waals surface area contributed by atoms with E-state index in [1.807, 2.05) is 44.2 Å². The van der Waals surface area contributed by atoms with Gasteiger partial charge in [-0.1, -0.05) is 56.3 Å². The third kappa shape index (κ3) is 15.1. The molecule has 20 nitrogen and oxygen atoms in total. The zero-order chi connectivity index (χ0) is 46.1. The van der Waals surface area contributed by atoms with Crippen molar-refractivity contribution in [2.75, 3.05) is 11.5 Å². The fourth-order valence-corrected chi connectivity index (χ4v) is 6.21. The van der Waals surface area contributed by atoms with Crippen LogP contribution in [0.1, 0.15) is 83.1 Å². The fraction of sp³-hybridized carbons (Fsp3) is 0.310. The smallest absolute Gasteiger partial charge is 0.475 e. The van der Waals surface area contributed by atoms with E-state index in [1.54, 1.807) is 30.5 Å². The van der Waals surface area contributed by atoms with E-state index >= 15 is 0 Å². The van der Waals surface area contributed by atoms with Crippen molar-refractivity contribution in [3.8, 4) is 12.3 Å². The normalized spacial score (nSPS) is 12.6. The molecule has 0 aliphatic heterocycles. The molecule has 0 aliphatic rings. The molecule has 0 radical (unpaired) electrons. The van der Waals surface area contributed by atoms with Gasteiger partial charge in [0.25, 0.3) is 11.8 Å². The number of terminal acetylenes is 1. The van der Waals surface area contributed by atoms with Crippen LogP contribution < -0.4 is 27.4 Å². The van der Waals surface area contributed by atoms with Crippen LogP contribution in [0, 0.1) is 18.3 Å². The summed E-state index contributed by atoms with van der Waals surface area (Å²) in [5.41, 5.74) is 14.7. The summed E-state index contributed by atoms with van der Waals surface area (Å²) in [5, 5.41) is 44.8. The van der Waals surface area contributed by atoms with Gasteiger partial charge in [-0.15, -0.1) is 12.3 Å². The molecule has 3 aromatic heterocycles. The Labute approximate surface area is 362 Å². The SMILES string of the molecule is C#CCC(Cc1cnc2nc(N)nc(N)c2n1)c1ccc(C(=O)N[C@@H](CCC(=O)O)C(=O)O)cc1.CC(C)C[C@H](NC(=O)[C@H](Cc1ccccc1)NC(=O)c1cnccn1)B(O)O. The highest BCUT2D eigenvalue weighted by atomic mass is 16.4. The molecule has 0 saturated heterocycles. The van der Waals surface area contributed by atoms with Gasteiger partial charge in [0, 0.05) is 43.1 Å². The van der Waals surface area contributed by atoms with Gasteiger partial charge in [0.1, 0.15) is 17.8 Å². The van der Waals surface area contributed by atoms with Gasteiger partial charge in [-0.3, -0.25) is 24.2 Å². The van der Waals surface area contributed by atoms with E-state index in [0.717, 1.165) is 11.1 Å². The van der Waals surface area contributed by atoms with Crippen molar-refractivity contribution in [3.05, 3.63) is 107 Å². The van der Waals surface area contributed by atoms with E-state index in [2.05, 4.69) is 51.8 Å². The minimum atomic E-state index is -1.69. The van der Waals surface area contributed by atoms with Crippen molar-refractivity contribution in [2.45, 2.75) is 76.3 Å². The highest BCUT2D eigenvalue weighted by Crippen LogP contribution is 2.25. The van der Waals surface area contributed by atoms with Crippen LogP contribution in [0.2, 0.25) is 0 Å². The number of amides is 3. The summed E-state index contributed by atoms with van der Waals surface area (Å²) in [5.74, 6) is -2.20. The predicted molar refractivity (Wildman–Crippen MR) is 231 cm³/mol. The molecule has 1 unspecified atom stereocenters. The topological polar surface area (TPSA) is 332 Å². The van der Waals surface area contributed by atoms with Gasteiger partial charge in [0.2, 0.25) is 11.9 Å². The summed E-state index contributed by atoms with van der Waals surface area (Å²) in [6.07, 6.45) is 12.1. The lowest BCUT2D eigenvalue weighted by Crippen LogP contribution is -2.55. The lowest BCUT2D eigenvalue weighted by atomic mass is 9.75. The van der Waals surface area contributed by atoms with Crippen molar-refractivity contribution >= 4 is 59.7 Å². The van der Waals surface area contributed by atoms with Crippen LogP contribution in [-0.2, 0) is 27.2 Å². The highest BCUT2D eigenvalue weighted by Gasteiger charge is 2.30. The molecule has 0 aliphatic carbocycles. The highest BCUT2D eigenvalue weighted by molar-refractivity contribution is 6.43. The number of carbonyl (C=O) groups is 5. The first-order chi connectivity index (χ1) is 30.0. The molecule has 0 spiro atoms. The van der Waals surface area contributed by atoms with Crippen molar-refractivity contribution in [1.82, 2.24) is 45.9 Å². The minimum Gasteiger partial charge on any atom is -0.481 e. The van der Waals surface area contributed by atoms with Crippen LogP contribution >= 0.6 is 0 Å². The number of carboxylic acids is 2. The number of aliphatic carboxylic acids is 2. The van der Waals surface area contributed by atoms with Gasteiger partial charge in [-0.2, -0.15) is 9.97 Å². The van der Waals surface area contributed by atoms with Crippen LogP contribution in [0.5, 0.6) is 0 Å². The molecule has 328 valence electrons. The summed E-state index contributed by atoms with van der Waals surface area (Å²) in [6, 6.07) is 13.5. The van der Waals surface area contributed by atoms with Crippen LogP contribution in [0.15, 0.2) is 79.4 Å². The molecule has 11 N–H and O–H groups in total. The second-order valence-corrected chi connectivity index (χ2v) is 14.7. The van der Waals surface area contributed by atoms with E-state index in [1.165, 1.54) is 18.6 Å². The van der Waals surface area contributed by atoms with Crippen LogP contribution in [0.4, 0.5) is 11.8 Å². The molecule has 5 aromatic rings. The average Bonchev–Trinajstić information content (AvgIpc) is 3.25. The fourth-order valence-electron chi connectivity index (χ4n) is 6.21. The number of anilines is 2. The largest absolute Gasteiger partial charge is 0.481 e. The van der Waals surface area contributed by atoms with E-state index in [-0.39, 0.29) is 59.8 Å². The quantitative estimate of drug-likeness (QED) is 0.0418. The third-order valence-electron chi connectivity index (χ3n) is 9.33. The van der Waals surface area contributed by atoms with Crippen LogP contribution in [0.25, 0.3) is 11.2 Å². The first kappa shape index (κ1) is 48.1. The Bertz CT molecular complexity index is 2390. The molecule has 21 heteroatoms. The van der Waals surface area contributed by atoms with Crippen molar-refractivity contribution in [1.29, 1.82) is 0 Å². The monoisotopic (exact) mass is 861 g/mol. The van der Waals surface area contributed by atoms with Gasteiger partial charge in [-0.25, -0.2) is 19.7 Å². The number of carbonyl (C=O) groups excluding carboxylic acids is 3. The van der Waals surface area contributed by atoms with Gasteiger partial charge in [-0.05, 0) is 48.4 Å². The number of aromatic nitrogens is 6. The van der Waals surface area contributed by atoms with E-state index in [4.69, 9.17) is 23.0 Å². The van der Waals surface area contributed by atoms with Crippen LogP contribution in [0.3, 0.4) is 0 Å². The molecule has 0 bridgehead atoms. The Balaban J connectivity index is 0.000000284. The third-order valence-corrected chi connectivity index (χ3v) is 9.33. The van der Waals surface area contributed by atoms with Gasteiger partial charge in [0.05, 0.1) is 24.0 Å². The lowest BCUT2D eigenvalue weighted by Gasteiger charge is -2.24. The molecule has 3 heterocycles. The number of nitrogens with two attached hydrogens (primary N) is 2. The molecule has 2 aromatic carbocycles. The Morgan fingerprint density at radius 2 is 1.52 bits per heavy atom. The van der Waals surface area contributed by atoms with E-state index in [0.29, 0.717) is 30.5 Å². The van der Waals surface area contributed by atoms with Gasteiger partial charge < -0.3 is 47.7 Å². The Hall–Kier alpha value is -7.57. The second kappa shape index (κ2) is 23.4. The minimum absolute atomic E-state index is 0.00273. The first-order valence-corrected chi connectivity index (χ1v) is 19.6. The van der Waals surface area contributed by atoms with Crippen LogP contribution in [-0.4, -0.2) is 105 Å². The predicted octanol–water partition coefficient (Wildman–Crippen LogP) is 1.34. The molecule has 63 heavy (non-hydrogen) atoms. The summed E-state index contributed by atoms with van der Waals surface area (Å²) in [4.78, 5) is 84.2. The number of fused-ring (bicyclic) bond motifs is 1. The second-order valence-electron chi connectivity index (χ2n) is 14.7. The van der Waals surface area contributed by atoms with Gasteiger partial charge in [0.15, 0.2) is 17.0 Å². The zero-order valence-electron chi connectivity index (χ0n) is 34.5. The van der Waals surface area contributed by atoms with E-state index < -0.39 is 54.8 Å². The number of hydrogen-bond acceptors (Lipinski definition) is 15. The average molecular weight is 862 g/mol. The Morgan fingerprint density at radius 1 is 0.825 bits per heavy atom. The molecule has 5 rings (SSSR count). The molecule has 4 atom stereocenters. The molecule has 0 fully saturated rings. The number of benzene rings is 2. The van der Waals surface area contributed by atoms with Crippen molar-refractivity contribution in [3.63, 3.8) is 0 Å². The van der Waals surface area contributed by atoms with E-state index in [9.17, 15) is 39.1 Å². The summed E-state index contributed by atoms with van der Waals surface area (Å²) in [6.45, 7) is 3.83. The van der Waals surface area contributed by atoms with Crippen molar-refractivity contribution in [2.24, 2.45) is 5.92 Å². The number of nitrogen functional groups attached to an aromatic ring is 2. The number of rotatable bonds is 19. The summed E-state index contributed by atoms with van der Waals surface area (Å²) in [7, 11) is -1.69. The molecule has 0 saturated carbocycles. The van der Waals surface area contributed by atoms with Crippen molar-refractivity contribution < 1.29 is 44.2 Å². The summed E-state index contributed by atoms with van der Waals surface area (Å²) < 4.78 is 0. The summed E-state index contributed by atoms with van der Waals surface area (Å²) >= 11 is 0. The lowest BCUT2D eigenvalue weighted by molar-refractivity contribution is -0.140. The Morgan fingerprint density at radius 3 is 2.13 bits per heavy atom. The maximum absolute atomic E-state index is 12.8. The molecular formula is C42H48BN11O9. The molecular weight excluding hydrogens is 813 g/mol. The number of hydrogen-bond donors (Lipinski definition) is 9. The zero-order valence-corrected chi connectivity index (χ0v) is 34.5. The number of nitrogens with one attached hydrogen (secondary N) is 3. The Kier molecular flexibility index (Phi) is 17.9. The maximum Gasteiger partial charge on any atom is 0.475 e. The number of carboxylic acid groups (broad SMARTS) is 2. The standard InChI is InChI=1S/C23H23N7O5.C19H25BN4O4/c1-2-3-14(10-15-11-26-20-18(27-15)19(24)29-23(25)30-20)12-4-6-13(7-5-12)21(33)28-16(22(34)35)8-9-17(31)32;1-13(2)10-17(20(27)28)24-18(25)15(11-14-6-4-3-5-7-14)23-19(26)16-12-21-8-9-22-16/h1,4-7,11,14,16H,3,8-10H2,(H,28,33)(H,31,32)(H,34,35)(H4,24,25,26,29,30);3-9,12-13,15,17,27-28H,10-11H2,1-2H3,(H,23,26)(H,24,25)/t14?,16-;15-,17-/m00/s1. The molecule has 3 amide bonds. The first-order valence-electron chi connectivity index (χ1n) is 19.6. The number of nitrogens with zero attached hydrogens (tertiary/aromatic N) is 6. The maximum atomic E-state index is 12.8.